The number of rotatable bonds is 8. The monoisotopic (exact) mass is 351 g/mol. The highest BCUT2D eigenvalue weighted by Gasteiger charge is 2.24. The lowest BCUT2D eigenvalue weighted by Gasteiger charge is -2.30. The van der Waals surface area contributed by atoms with Crippen molar-refractivity contribution in [3.05, 3.63) is 71.8 Å². The number of hydrogen-bond acceptors (Lipinski definition) is 2. The van der Waals surface area contributed by atoms with Gasteiger partial charge in [-0.05, 0) is 49.9 Å². The van der Waals surface area contributed by atoms with Crippen LogP contribution in [0.2, 0.25) is 0 Å². The predicted molar refractivity (Wildman–Crippen MR) is 105 cm³/mol. The third-order valence-electron chi connectivity index (χ3n) is 5.48. The number of benzene rings is 2. The molecule has 1 N–H and O–H groups in total. The molecule has 0 radical (unpaired) electrons. The summed E-state index contributed by atoms with van der Waals surface area (Å²) in [4.78, 5) is 13.5. The van der Waals surface area contributed by atoms with E-state index in [0.717, 1.165) is 51.7 Å². The summed E-state index contributed by atoms with van der Waals surface area (Å²) >= 11 is 0. The highest BCUT2D eigenvalue weighted by atomic mass is 16.4. The zero-order chi connectivity index (χ0) is 18.2. The largest absolute Gasteiger partial charge is 0.481 e. The molecule has 3 heteroatoms. The summed E-state index contributed by atoms with van der Waals surface area (Å²) in [6.45, 7) is 2.78. The van der Waals surface area contributed by atoms with E-state index in [1.165, 1.54) is 11.1 Å². The van der Waals surface area contributed by atoms with Gasteiger partial charge in [-0.3, -0.25) is 4.79 Å². The van der Waals surface area contributed by atoms with E-state index in [4.69, 9.17) is 0 Å². The molecule has 2 aromatic rings. The van der Waals surface area contributed by atoms with Gasteiger partial charge in [-0.15, -0.1) is 0 Å². The predicted octanol–water partition coefficient (Wildman–Crippen LogP) is 4.79. The van der Waals surface area contributed by atoms with Crippen LogP contribution in [0.5, 0.6) is 0 Å². The van der Waals surface area contributed by atoms with Crippen LogP contribution in [0.3, 0.4) is 0 Å². The van der Waals surface area contributed by atoms with Gasteiger partial charge in [0.25, 0.3) is 0 Å². The van der Waals surface area contributed by atoms with Crippen LogP contribution < -0.4 is 0 Å². The smallest absolute Gasteiger partial charge is 0.307 e. The van der Waals surface area contributed by atoms with Gasteiger partial charge < -0.3 is 10.0 Å². The average molecular weight is 351 g/mol. The summed E-state index contributed by atoms with van der Waals surface area (Å²) in [6.07, 6.45) is 5.25. The van der Waals surface area contributed by atoms with Crippen molar-refractivity contribution in [1.29, 1.82) is 0 Å². The number of unbranched alkanes of at least 4 members (excludes halogenated alkanes) is 1. The van der Waals surface area contributed by atoms with E-state index >= 15 is 0 Å². The van der Waals surface area contributed by atoms with Crippen LogP contribution in [0.4, 0.5) is 0 Å². The molecule has 1 fully saturated rings. The molecule has 1 saturated heterocycles. The third-order valence-corrected chi connectivity index (χ3v) is 5.48. The Morgan fingerprint density at radius 3 is 2.19 bits per heavy atom. The normalized spacial score (nSPS) is 18.1. The summed E-state index contributed by atoms with van der Waals surface area (Å²) < 4.78 is 0. The number of likely N-dealkylation sites (tertiary alicyclic amines) is 1. The summed E-state index contributed by atoms with van der Waals surface area (Å²) in [5.74, 6) is -0.376. The molecule has 1 aliphatic rings. The number of carboxylic acid groups (broad SMARTS) is 1. The summed E-state index contributed by atoms with van der Waals surface area (Å²) in [5, 5.41) is 9.23. The number of hydrogen-bond donors (Lipinski definition) is 1. The topological polar surface area (TPSA) is 40.5 Å². The van der Waals surface area contributed by atoms with Crippen molar-refractivity contribution >= 4 is 5.97 Å². The lowest BCUT2D eigenvalue weighted by Crippen LogP contribution is -2.39. The van der Waals surface area contributed by atoms with Gasteiger partial charge in [-0.1, -0.05) is 67.1 Å². The average Bonchev–Trinajstić information content (AvgIpc) is 2.69. The molecule has 0 aliphatic carbocycles. The fourth-order valence-corrected chi connectivity index (χ4v) is 4.04. The Labute approximate surface area is 156 Å². The Bertz CT molecular complexity index is 632. The Hall–Kier alpha value is -2.13. The molecule has 2 aromatic carbocycles. The molecule has 3 nitrogen and oxygen atoms in total. The van der Waals surface area contributed by atoms with Gasteiger partial charge in [-0.25, -0.2) is 0 Å². The molecule has 1 aliphatic heterocycles. The molecular weight excluding hydrogens is 322 g/mol. The minimum Gasteiger partial charge on any atom is -0.481 e. The minimum absolute atomic E-state index is 0.176. The number of aliphatic carboxylic acids is 1. The van der Waals surface area contributed by atoms with E-state index in [0.29, 0.717) is 5.92 Å². The second kappa shape index (κ2) is 9.54. The molecule has 0 aromatic heterocycles. The first kappa shape index (κ1) is 18.7. The number of piperidine rings is 1. The highest BCUT2D eigenvalue weighted by molar-refractivity contribution is 5.70. The van der Waals surface area contributed by atoms with Crippen molar-refractivity contribution in [2.75, 3.05) is 19.6 Å². The summed E-state index contributed by atoms with van der Waals surface area (Å²) in [7, 11) is 0. The molecule has 26 heavy (non-hydrogen) atoms. The molecule has 1 heterocycles. The second-order valence-electron chi connectivity index (χ2n) is 7.35. The van der Waals surface area contributed by atoms with Crippen molar-refractivity contribution in [3.8, 4) is 0 Å². The van der Waals surface area contributed by atoms with Crippen molar-refractivity contribution in [2.24, 2.45) is 5.92 Å². The number of carbonyl (C=O) groups is 1. The standard InChI is InChI=1S/C23H29NO2/c25-23(26)21-14-9-17-24(18-21)16-8-7-15-22(19-10-3-1-4-11-19)20-12-5-2-6-13-20/h1-6,10-13,21-22H,7-9,14-18H2,(H,25,26). The molecule has 1 atom stereocenters. The fourth-order valence-electron chi connectivity index (χ4n) is 4.04. The maximum Gasteiger partial charge on any atom is 0.307 e. The maximum absolute atomic E-state index is 11.2. The van der Waals surface area contributed by atoms with E-state index in [9.17, 15) is 9.90 Å². The first-order valence-electron chi connectivity index (χ1n) is 9.79. The van der Waals surface area contributed by atoms with E-state index < -0.39 is 5.97 Å². The fraction of sp³-hybridized carbons (Fsp3) is 0.435. The van der Waals surface area contributed by atoms with Crippen LogP contribution >= 0.6 is 0 Å². The SMILES string of the molecule is O=C(O)C1CCCN(CCCCC(c2ccccc2)c2ccccc2)C1. The molecule has 3 rings (SSSR count). The van der Waals surface area contributed by atoms with Crippen LogP contribution in [0, 0.1) is 5.92 Å². The van der Waals surface area contributed by atoms with Crippen LogP contribution in [-0.4, -0.2) is 35.6 Å². The van der Waals surface area contributed by atoms with Crippen LogP contribution in [0.1, 0.15) is 49.1 Å². The van der Waals surface area contributed by atoms with Crippen molar-refractivity contribution in [2.45, 2.75) is 38.0 Å². The van der Waals surface area contributed by atoms with E-state index in [1.807, 2.05) is 0 Å². The molecule has 1 unspecified atom stereocenters. The number of nitrogens with zero attached hydrogens (tertiary/aromatic N) is 1. The molecule has 0 saturated carbocycles. The molecule has 0 spiro atoms. The van der Waals surface area contributed by atoms with Crippen LogP contribution in [0.25, 0.3) is 0 Å². The maximum atomic E-state index is 11.2. The lowest BCUT2D eigenvalue weighted by atomic mass is 9.87. The Morgan fingerprint density at radius 2 is 1.62 bits per heavy atom. The van der Waals surface area contributed by atoms with E-state index in [1.54, 1.807) is 0 Å². The first-order chi connectivity index (χ1) is 12.7. The minimum atomic E-state index is -0.636. The van der Waals surface area contributed by atoms with Gasteiger partial charge >= 0.3 is 5.97 Å². The summed E-state index contributed by atoms with van der Waals surface area (Å²) in [5.41, 5.74) is 2.75. The summed E-state index contributed by atoms with van der Waals surface area (Å²) in [6, 6.07) is 21.5. The Morgan fingerprint density at radius 1 is 1.00 bits per heavy atom. The lowest BCUT2D eigenvalue weighted by molar-refractivity contribution is -0.143. The first-order valence-corrected chi connectivity index (χ1v) is 9.79. The van der Waals surface area contributed by atoms with Crippen LogP contribution in [-0.2, 0) is 4.79 Å². The molecule has 0 amide bonds. The van der Waals surface area contributed by atoms with Crippen molar-refractivity contribution in [1.82, 2.24) is 4.90 Å². The highest BCUT2D eigenvalue weighted by Crippen LogP contribution is 2.29. The van der Waals surface area contributed by atoms with Gasteiger partial charge in [0.2, 0.25) is 0 Å². The zero-order valence-electron chi connectivity index (χ0n) is 15.4. The Kier molecular flexibility index (Phi) is 6.84. The zero-order valence-corrected chi connectivity index (χ0v) is 15.4. The molecular formula is C23H29NO2. The second-order valence-corrected chi connectivity index (χ2v) is 7.35. The number of carboxylic acids is 1. The van der Waals surface area contributed by atoms with Crippen LogP contribution in [0.15, 0.2) is 60.7 Å². The van der Waals surface area contributed by atoms with Gasteiger partial charge in [0.15, 0.2) is 0 Å². The van der Waals surface area contributed by atoms with Crippen molar-refractivity contribution < 1.29 is 9.90 Å². The van der Waals surface area contributed by atoms with E-state index in [-0.39, 0.29) is 5.92 Å². The van der Waals surface area contributed by atoms with Gasteiger partial charge in [-0.2, -0.15) is 0 Å². The molecule has 138 valence electrons. The van der Waals surface area contributed by atoms with Gasteiger partial charge in [0, 0.05) is 12.5 Å². The molecule has 0 bridgehead atoms. The third kappa shape index (κ3) is 5.18. The van der Waals surface area contributed by atoms with Gasteiger partial charge in [0.1, 0.15) is 0 Å². The van der Waals surface area contributed by atoms with E-state index in [2.05, 4.69) is 65.6 Å². The van der Waals surface area contributed by atoms with Crippen molar-refractivity contribution in [3.63, 3.8) is 0 Å². The van der Waals surface area contributed by atoms with Gasteiger partial charge in [0.05, 0.1) is 5.92 Å². The Balaban J connectivity index is 1.53. The quantitative estimate of drug-likeness (QED) is 0.696.